The van der Waals surface area contributed by atoms with Crippen molar-refractivity contribution in [3.63, 3.8) is 0 Å². The standard InChI is InChI=1S/C21H32F3N3O3S/c1-2-3-4-15-31(29,30)17-20(28)25-9-6-10-26-11-13-27(14-12-26)19-8-5-7-18(16-19)21(22,23)24/h5,7-8,16H,2-4,6,9-15,17H2,1H3,(H,25,28). The van der Waals surface area contributed by atoms with Crippen LogP contribution >= 0.6 is 0 Å². The molecule has 1 saturated heterocycles. The summed E-state index contributed by atoms with van der Waals surface area (Å²) >= 11 is 0. The summed E-state index contributed by atoms with van der Waals surface area (Å²) in [5.41, 5.74) is -0.0718. The molecule has 176 valence electrons. The number of nitrogens with one attached hydrogen (secondary N) is 1. The van der Waals surface area contributed by atoms with Crippen molar-refractivity contribution in [3.8, 4) is 0 Å². The molecule has 31 heavy (non-hydrogen) atoms. The minimum absolute atomic E-state index is 0.0460. The number of nitrogens with zero attached hydrogens (tertiary/aromatic N) is 2. The predicted molar refractivity (Wildman–Crippen MR) is 116 cm³/mol. The number of benzene rings is 1. The quantitative estimate of drug-likeness (QED) is 0.511. The number of carbonyl (C=O) groups excluding carboxylic acids is 1. The second kappa shape index (κ2) is 11.7. The molecule has 0 aliphatic carbocycles. The van der Waals surface area contributed by atoms with Gasteiger partial charge in [0.05, 0.1) is 11.3 Å². The Balaban J connectivity index is 1.66. The van der Waals surface area contributed by atoms with Gasteiger partial charge in [-0.05, 0) is 37.6 Å². The summed E-state index contributed by atoms with van der Waals surface area (Å²) in [6, 6.07) is 5.37. The van der Waals surface area contributed by atoms with E-state index >= 15 is 0 Å². The zero-order valence-electron chi connectivity index (χ0n) is 18.0. The molecule has 0 bridgehead atoms. The molecule has 0 radical (unpaired) electrons. The molecule has 0 atom stereocenters. The fraction of sp³-hybridized carbons (Fsp3) is 0.667. The molecular formula is C21H32F3N3O3S. The van der Waals surface area contributed by atoms with Gasteiger partial charge in [0.2, 0.25) is 5.91 Å². The summed E-state index contributed by atoms with van der Waals surface area (Å²) < 4.78 is 62.5. The number of anilines is 1. The Bertz CT molecular complexity index is 808. The monoisotopic (exact) mass is 463 g/mol. The minimum atomic E-state index is -4.35. The third kappa shape index (κ3) is 9.06. The maximum atomic E-state index is 12.9. The second-order valence-corrected chi connectivity index (χ2v) is 10.1. The molecule has 1 heterocycles. The van der Waals surface area contributed by atoms with Crippen LogP contribution in [0.5, 0.6) is 0 Å². The van der Waals surface area contributed by atoms with Crippen LogP contribution in [-0.4, -0.2) is 70.0 Å². The molecule has 1 amide bonds. The van der Waals surface area contributed by atoms with Crippen LogP contribution < -0.4 is 10.2 Å². The average molecular weight is 464 g/mol. The third-order valence-electron chi connectivity index (χ3n) is 5.29. The van der Waals surface area contributed by atoms with E-state index in [0.717, 1.165) is 38.5 Å². The van der Waals surface area contributed by atoms with Crippen molar-refractivity contribution in [2.45, 2.75) is 38.8 Å². The number of alkyl halides is 3. The van der Waals surface area contributed by atoms with E-state index in [9.17, 15) is 26.4 Å². The smallest absolute Gasteiger partial charge is 0.369 e. The summed E-state index contributed by atoms with van der Waals surface area (Å²) in [5.74, 6) is -0.887. The van der Waals surface area contributed by atoms with Gasteiger partial charge in [0.15, 0.2) is 9.84 Å². The fourth-order valence-electron chi connectivity index (χ4n) is 3.53. The Kier molecular flexibility index (Phi) is 9.61. The van der Waals surface area contributed by atoms with Crippen molar-refractivity contribution < 1.29 is 26.4 Å². The van der Waals surface area contributed by atoms with E-state index in [4.69, 9.17) is 0 Å². The number of carbonyl (C=O) groups is 1. The van der Waals surface area contributed by atoms with Crippen molar-refractivity contribution in [1.82, 2.24) is 10.2 Å². The lowest BCUT2D eigenvalue weighted by Gasteiger charge is -2.36. The summed E-state index contributed by atoms with van der Waals surface area (Å²) in [5, 5.41) is 2.66. The van der Waals surface area contributed by atoms with Crippen LogP contribution in [0.4, 0.5) is 18.9 Å². The molecule has 1 aromatic rings. The topological polar surface area (TPSA) is 69.7 Å². The average Bonchev–Trinajstić information content (AvgIpc) is 2.71. The van der Waals surface area contributed by atoms with Crippen LogP contribution in [0.2, 0.25) is 0 Å². The Hall–Kier alpha value is -1.81. The van der Waals surface area contributed by atoms with E-state index < -0.39 is 33.2 Å². The summed E-state index contributed by atoms with van der Waals surface area (Å²) in [6.07, 6.45) is -1.32. The summed E-state index contributed by atoms with van der Waals surface area (Å²) in [6.45, 7) is 5.82. The van der Waals surface area contributed by atoms with Crippen LogP contribution in [0.15, 0.2) is 24.3 Å². The van der Waals surface area contributed by atoms with E-state index in [1.807, 2.05) is 11.8 Å². The van der Waals surface area contributed by atoms with Gasteiger partial charge in [0.1, 0.15) is 5.75 Å². The highest BCUT2D eigenvalue weighted by Crippen LogP contribution is 2.31. The first-order valence-electron chi connectivity index (χ1n) is 10.7. The maximum absolute atomic E-state index is 12.9. The highest BCUT2D eigenvalue weighted by Gasteiger charge is 2.31. The molecule has 1 aliphatic heterocycles. The number of halogens is 3. The minimum Gasteiger partial charge on any atom is -0.369 e. The lowest BCUT2D eigenvalue weighted by molar-refractivity contribution is -0.137. The van der Waals surface area contributed by atoms with Crippen LogP contribution in [-0.2, 0) is 20.8 Å². The SMILES string of the molecule is CCCCCS(=O)(=O)CC(=O)NCCCN1CCN(c2cccc(C(F)(F)F)c2)CC1. The van der Waals surface area contributed by atoms with Gasteiger partial charge < -0.3 is 10.2 Å². The number of unbranched alkanes of at least 4 members (excludes halogenated alkanes) is 2. The van der Waals surface area contributed by atoms with E-state index in [1.165, 1.54) is 12.1 Å². The molecule has 2 rings (SSSR count). The van der Waals surface area contributed by atoms with Crippen molar-refractivity contribution >= 4 is 21.4 Å². The van der Waals surface area contributed by atoms with Gasteiger partial charge in [-0.25, -0.2) is 8.42 Å². The predicted octanol–water partition coefficient (Wildman–Crippen LogP) is 2.94. The van der Waals surface area contributed by atoms with Crippen LogP contribution in [0.25, 0.3) is 0 Å². The summed E-state index contributed by atoms with van der Waals surface area (Å²) in [4.78, 5) is 16.0. The summed E-state index contributed by atoms with van der Waals surface area (Å²) in [7, 11) is -3.35. The number of piperazine rings is 1. The van der Waals surface area contributed by atoms with Crippen molar-refractivity contribution in [1.29, 1.82) is 0 Å². The number of sulfone groups is 1. The molecular weight excluding hydrogens is 431 g/mol. The van der Waals surface area contributed by atoms with Crippen LogP contribution in [0.3, 0.4) is 0 Å². The molecule has 0 aromatic heterocycles. The first-order valence-corrected chi connectivity index (χ1v) is 12.5. The molecule has 1 N–H and O–H groups in total. The Morgan fingerprint density at radius 1 is 1.10 bits per heavy atom. The highest BCUT2D eigenvalue weighted by atomic mass is 32.2. The molecule has 6 nitrogen and oxygen atoms in total. The third-order valence-corrected chi connectivity index (χ3v) is 6.91. The zero-order chi connectivity index (χ0) is 22.9. The first kappa shape index (κ1) is 25.5. The van der Waals surface area contributed by atoms with Gasteiger partial charge in [-0.15, -0.1) is 0 Å². The number of hydrogen-bond donors (Lipinski definition) is 1. The highest BCUT2D eigenvalue weighted by molar-refractivity contribution is 7.92. The van der Waals surface area contributed by atoms with E-state index in [2.05, 4.69) is 10.2 Å². The lowest BCUT2D eigenvalue weighted by Crippen LogP contribution is -2.47. The van der Waals surface area contributed by atoms with Crippen molar-refractivity contribution in [2.24, 2.45) is 0 Å². The van der Waals surface area contributed by atoms with Crippen molar-refractivity contribution in [3.05, 3.63) is 29.8 Å². The number of rotatable bonds is 11. The second-order valence-electron chi connectivity index (χ2n) is 7.88. The molecule has 0 saturated carbocycles. The van der Waals surface area contributed by atoms with Gasteiger partial charge in [0.25, 0.3) is 0 Å². The Morgan fingerprint density at radius 3 is 2.45 bits per heavy atom. The Morgan fingerprint density at radius 2 is 1.81 bits per heavy atom. The van der Waals surface area contributed by atoms with Gasteiger partial charge in [-0.1, -0.05) is 25.8 Å². The molecule has 10 heteroatoms. The number of hydrogen-bond acceptors (Lipinski definition) is 5. The molecule has 0 spiro atoms. The van der Waals surface area contributed by atoms with Gasteiger partial charge >= 0.3 is 6.18 Å². The van der Waals surface area contributed by atoms with Gasteiger partial charge in [-0.2, -0.15) is 13.2 Å². The molecule has 0 unspecified atom stereocenters. The van der Waals surface area contributed by atoms with Gasteiger partial charge in [-0.3, -0.25) is 9.69 Å². The van der Waals surface area contributed by atoms with E-state index in [0.29, 0.717) is 38.2 Å². The van der Waals surface area contributed by atoms with Gasteiger partial charge in [0, 0.05) is 38.4 Å². The molecule has 1 aromatic carbocycles. The fourth-order valence-corrected chi connectivity index (χ4v) is 4.82. The lowest BCUT2D eigenvalue weighted by atomic mass is 10.1. The maximum Gasteiger partial charge on any atom is 0.416 e. The van der Waals surface area contributed by atoms with E-state index in [1.54, 1.807) is 6.07 Å². The molecule has 1 fully saturated rings. The van der Waals surface area contributed by atoms with E-state index in [-0.39, 0.29) is 5.75 Å². The van der Waals surface area contributed by atoms with Crippen molar-refractivity contribution in [2.75, 3.05) is 55.7 Å². The zero-order valence-corrected chi connectivity index (χ0v) is 18.8. The molecule has 1 aliphatic rings. The first-order chi connectivity index (χ1) is 14.6. The van der Waals surface area contributed by atoms with Crippen LogP contribution in [0, 0.1) is 0 Å². The largest absolute Gasteiger partial charge is 0.416 e. The number of amides is 1. The Labute approximate surface area is 182 Å². The van der Waals surface area contributed by atoms with Crippen LogP contribution in [0.1, 0.15) is 38.2 Å². The normalized spacial score (nSPS) is 15.8.